The first-order valence-electron chi connectivity index (χ1n) is 8.68. The third-order valence-corrected chi connectivity index (χ3v) is 5.33. The molecule has 0 unspecified atom stereocenters. The summed E-state index contributed by atoms with van der Waals surface area (Å²) in [4.78, 5) is 0. The Morgan fingerprint density at radius 2 is 1.33 bits per heavy atom. The quantitative estimate of drug-likeness (QED) is 0.338. The minimum absolute atomic E-state index is 0.300. The van der Waals surface area contributed by atoms with Gasteiger partial charge in [0.15, 0.2) is 0 Å². The molecule has 1 aromatic heterocycles. The molecule has 0 saturated heterocycles. The third kappa shape index (κ3) is 8.92. The highest BCUT2D eigenvalue weighted by Gasteiger charge is 2.23. The Bertz CT molecular complexity index is 473. The van der Waals surface area contributed by atoms with Crippen LogP contribution >= 0.6 is 6.72 Å². The predicted octanol–water partition coefficient (Wildman–Crippen LogP) is 4.89. The highest BCUT2D eigenvalue weighted by Crippen LogP contribution is 2.49. The Morgan fingerprint density at radius 1 is 0.833 bits per heavy atom. The minimum Gasteiger partial charge on any atom is -0.477 e. The second-order valence-electron chi connectivity index (χ2n) is 5.32. The van der Waals surface area contributed by atoms with Crippen LogP contribution in [0.5, 0.6) is 11.8 Å². The van der Waals surface area contributed by atoms with Gasteiger partial charge in [-0.25, -0.2) is 0 Å². The summed E-state index contributed by atoms with van der Waals surface area (Å²) in [6.45, 7) is 5.11. The summed E-state index contributed by atoms with van der Waals surface area (Å²) in [5.41, 5.74) is 0. The number of unbranched alkanes of at least 4 members (excludes halogenated alkanes) is 3. The van der Waals surface area contributed by atoms with E-state index in [4.69, 9.17) is 30.1 Å². The predicted molar refractivity (Wildman–Crippen MR) is 99.1 cm³/mol. The zero-order valence-corrected chi connectivity index (χ0v) is 16.6. The molecule has 6 nitrogen and oxygen atoms in total. The standard InChI is InChI=1S/C16H29N2O4PS/c1-4-7-12-19-15-10-11-16(18-17-15)22-23(24,20-13-8-5-2)21-14-9-6-3/h10-11H,4-9,12-14H2,1-3H3. The maximum atomic E-state index is 5.73. The van der Waals surface area contributed by atoms with Gasteiger partial charge in [0.05, 0.1) is 19.8 Å². The second kappa shape index (κ2) is 12.6. The van der Waals surface area contributed by atoms with Crippen molar-refractivity contribution in [1.29, 1.82) is 0 Å². The van der Waals surface area contributed by atoms with Gasteiger partial charge in [0, 0.05) is 23.9 Å². The van der Waals surface area contributed by atoms with E-state index in [2.05, 4.69) is 31.0 Å². The number of aromatic nitrogens is 2. The maximum Gasteiger partial charge on any atom is 0.381 e. The molecule has 0 fully saturated rings. The van der Waals surface area contributed by atoms with Gasteiger partial charge in [0.25, 0.3) is 0 Å². The van der Waals surface area contributed by atoms with E-state index in [1.807, 2.05) is 0 Å². The van der Waals surface area contributed by atoms with Crippen LogP contribution in [0.2, 0.25) is 0 Å². The Hall–Kier alpha value is -0.750. The van der Waals surface area contributed by atoms with Gasteiger partial charge < -0.3 is 9.26 Å². The summed E-state index contributed by atoms with van der Waals surface area (Å²) in [5, 5.41) is 7.99. The molecule has 0 N–H and O–H groups in total. The molecule has 0 atom stereocenters. The molecule has 0 aliphatic rings. The van der Waals surface area contributed by atoms with Gasteiger partial charge in [-0.1, -0.05) is 40.0 Å². The van der Waals surface area contributed by atoms with Crippen LogP contribution in [0.3, 0.4) is 0 Å². The molecule has 8 heteroatoms. The van der Waals surface area contributed by atoms with Crippen molar-refractivity contribution < 1.29 is 18.3 Å². The van der Waals surface area contributed by atoms with Crippen LogP contribution in [-0.4, -0.2) is 30.0 Å². The lowest BCUT2D eigenvalue weighted by atomic mass is 10.4. The largest absolute Gasteiger partial charge is 0.477 e. The summed E-state index contributed by atoms with van der Waals surface area (Å²) in [6, 6.07) is 3.40. The molecule has 138 valence electrons. The SMILES string of the molecule is CCCCOc1ccc(OP(=S)(OCCCC)OCCCC)nn1. The number of hydrogen-bond acceptors (Lipinski definition) is 7. The van der Waals surface area contributed by atoms with Crippen LogP contribution in [0.4, 0.5) is 0 Å². The molecular formula is C16H29N2O4PS. The average Bonchev–Trinajstić information content (AvgIpc) is 2.57. The van der Waals surface area contributed by atoms with E-state index >= 15 is 0 Å². The normalized spacial score (nSPS) is 11.5. The lowest BCUT2D eigenvalue weighted by Crippen LogP contribution is -2.06. The summed E-state index contributed by atoms with van der Waals surface area (Å²) >= 11 is 5.47. The van der Waals surface area contributed by atoms with Crippen molar-refractivity contribution in [3.05, 3.63) is 12.1 Å². The second-order valence-corrected chi connectivity index (χ2v) is 8.26. The smallest absolute Gasteiger partial charge is 0.381 e. The summed E-state index contributed by atoms with van der Waals surface area (Å²) in [6.07, 6.45) is 5.92. The molecule has 0 spiro atoms. The van der Waals surface area contributed by atoms with Crippen molar-refractivity contribution in [2.24, 2.45) is 0 Å². The van der Waals surface area contributed by atoms with E-state index in [9.17, 15) is 0 Å². The molecule has 0 aromatic carbocycles. The molecule has 0 aliphatic heterocycles. The molecule has 1 heterocycles. The van der Waals surface area contributed by atoms with E-state index in [0.29, 0.717) is 31.6 Å². The van der Waals surface area contributed by atoms with Crippen LogP contribution in [0, 0.1) is 0 Å². The first kappa shape index (κ1) is 21.3. The number of rotatable bonds is 14. The molecule has 1 aromatic rings. The van der Waals surface area contributed by atoms with E-state index in [1.165, 1.54) is 0 Å². The van der Waals surface area contributed by atoms with Gasteiger partial charge in [-0.3, -0.25) is 9.05 Å². The van der Waals surface area contributed by atoms with E-state index in [0.717, 1.165) is 38.5 Å². The molecule has 24 heavy (non-hydrogen) atoms. The van der Waals surface area contributed by atoms with Gasteiger partial charge in [0.1, 0.15) is 0 Å². The summed E-state index contributed by atoms with van der Waals surface area (Å²) in [5.74, 6) is 0.775. The lowest BCUT2D eigenvalue weighted by Gasteiger charge is -2.21. The van der Waals surface area contributed by atoms with Gasteiger partial charge >= 0.3 is 6.72 Å². The third-order valence-electron chi connectivity index (χ3n) is 3.06. The molecular weight excluding hydrogens is 347 g/mol. The van der Waals surface area contributed by atoms with Gasteiger partial charge in [0.2, 0.25) is 11.8 Å². The number of ether oxygens (including phenoxy) is 1. The molecule has 0 aliphatic carbocycles. The fourth-order valence-corrected chi connectivity index (χ4v) is 3.49. The lowest BCUT2D eigenvalue weighted by molar-refractivity contribution is 0.195. The Kier molecular flexibility index (Phi) is 11.2. The highest BCUT2D eigenvalue weighted by atomic mass is 32.5. The monoisotopic (exact) mass is 376 g/mol. The topological polar surface area (TPSA) is 62.7 Å². The molecule has 0 radical (unpaired) electrons. The van der Waals surface area contributed by atoms with Crippen molar-refractivity contribution in [2.45, 2.75) is 59.3 Å². The van der Waals surface area contributed by atoms with Crippen LogP contribution in [-0.2, 0) is 20.9 Å². The van der Waals surface area contributed by atoms with Crippen LogP contribution < -0.4 is 9.26 Å². The van der Waals surface area contributed by atoms with Gasteiger partial charge in [-0.05, 0) is 19.3 Å². The van der Waals surface area contributed by atoms with Crippen LogP contribution in [0.1, 0.15) is 59.3 Å². The van der Waals surface area contributed by atoms with Crippen LogP contribution in [0.15, 0.2) is 12.1 Å². The zero-order chi connectivity index (χ0) is 17.7. The Balaban J connectivity index is 2.61. The Labute approximate surface area is 150 Å². The average molecular weight is 376 g/mol. The molecule has 0 saturated carbocycles. The van der Waals surface area contributed by atoms with Gasteiger partial charge in [-0.2, -0.15) is 0 Å². The van der Waals surface area contributed by atoms with E-state index in [-0.39, 0.29) is 0 Å². The zero-order valence-electron chi connectivity index (χ0n) is 14.9. The maximum absolute atomic E-state index is 5.73. The van der Waals surface area contributed by atoms with Gasteiger partial charge in [-0.15, -0.1) is 10.2 Å². The summed E-state index contributed by atoms with van der Waals surface area (Å²) < 4.78 is 22.6. The van der Waals surface area contributed by atoms with Crippen molar-refractivity contribution in [2.75, 3.05) is 19.8 Å². The summed E-state index contributed by atoms with van der Waals surface area (Å²) in [7, 11) is 0. The number of nitrogens with zero attached hydrogens (tertiary/aromatic N) is 2. The van der Waals surface area contributed by atoms with E-state index in [1.54, 1.807) is 12.1 Å². The molecule has 1 rings (SSSR count). The van der Waals surface area contributed by atoms with Crippen molar-refractivity contribution in [3.8, 4) is 11.8 Å². The Morgan fingerprint density at radius 3 is 1.83 bits per heavy atom. The minimum atomic E-state index is -2.85. The van der Waals surface area contributed by atoms with E-state index < -0.39 is 6.72 Å². The highest BCUT2D eigenvalue weighted by molar-refractivity contribution is 8.07. The fraction of sp³-hybridized carbons (Fsp3) is 0.750. The molecule has 0 bridgehead atoms. The number of hydrogen-bond donors (Lipinski definition) is 0. The van der Waals surface area contributed by atoms with Crippen molar-refractivity contribution in [3.63, 3.8) is 0 Å². The first-order valence-corrected chi connectivity index (χ1v) is 11.2. The first-order chi connectivity index (χ1) is 11.6. The molecule has 0 amide bonds. The van der Waals surface area contributed by atoms with Crippen molar-refractivity contribution >= 4 is 18.5 Å². The van der Waals surface area contributed by atoms with Crippen molar-refractivity contribution in [1.82, 2.24) is 10.2 Å². The fourth-order valence-electron chi connectivity index (χ4n) is 1.60. The van der Waals surface area contributed by atoms with Crippen LogP contribution in [0.25, 0.3) is 0 Å².